The molecule has 6 nitrogen and oxygen atoms in total. The third-order valence-electron chi connectivity index (χ3n) is 4.44. The molecule has 2 N–H and O–H groups in total. The lowest BCUT2D eigenvalue weighted by molar-refractivity contribution is -0.123. The number of anilines is 1. The van der Waals surface area contributed by atoms with Crippen molar-refractivity contribution in [3.8, 4) is 6.07 Å². The zero-order chi connectivity index (χ0) is 22.3. The first-order chi connectivity index (χ1) is 14.1. The Morgan fingerprint density at radius 1 is 1.13 bits per heavy atom. The Morgan fingerprint density at radius 3 is 2.37 bits per heavy atom. The second kappa shape index (κ2) is 9.89. The van der Waals surface area contributed by atoms with Gasteiger partial charge in [0.1, 0.15) is 12.6 Å². The van der Waals surface area contributed by atoms with Crippen LogP contribution >= 0.6 is 0 Å². The van der Waals surface area contributed by atoms with Crippen molar-refractivity contribution in [2.45, 2.75) is 25.7 Å². The summed E-state index contributed by atoms with van der Waals surface area (Å²) in [5.74, 6) is -1.10. The molecule has 0 unspecified atom stereocenters. The van der Waals surface area contributed by atoms with E-state index < -0.39 is 24.7 Å². The van der Waals surface area contributed by atoms with Crippen LogP contribution in [0, 0.1) is 11.3 Å². The minimum Gasteiger partial charge on any atom is -0.343 e. The molecule has 0 saturated heterocycles. The van der Waals surface area contributed by atoms with Gasteiger partial charge in [-0.3, -0.25) is 14.5 Å². The van der Waals surface area contributed by atoms with Gasteiger partial charge >= 0.3 is 6.18 Å². The molecule has 0 radical (unpaired) electrons. The SMILES string of the molecule is C[C@@H](C(=O)Nc1ccccc1C#N)N(C)Cc1ccc(C(=O)NCC(F)(F)F)cc1. The lowest BCUT2D eigenvalue weighted by Gasteiger charge is -2.24. The van der Waals surface area contributed by atoms with Crippen molar-refractivity contribution in [2.24, 2.45) is 0 Å². The van der Waals surface area contributed by atoms with Crippen molar-refractivity contribution >= 4 is 17.5 Å². The summed E-state index contributed by atoms with van der Waals surface area (Å²) >= 11 is 0. The predicted octanol–water partition coefficient (Wildman–Crippen LogP) is 3.31. The van der Waals surface area contributed by atoms with Gasteiger partial charge in [0.05, 0.1) is 17.3 Å². The van der Waals surface area contributed by atoms with Crippen LogP contribution in [0.4, 0.5) is 18.9 Å². The van der Waals surface area contributed by atoms with Crippen molar-refractivity contribution in [3.63, 3.8) is 0 Å². The van der Waals surface area contributed by atoms with Crippen LogP contribution in [0.3, 0.4) is 0 Å². The maximum Gasteiger partial charge on any atom is 0.405 e. The first kappa shape index (κ1) is 22.9. The summed E-state index contributed by atoms with van der Waals surface area (Å²) in [6.45, 7) is 0.695. The average Bonchev–Trinajstić information content (AvgIpc) is 2.71. The number of nitrogens with one attached hydrogen (secondary N) is 2. The summed E-state index contributed by atoms with van der Waals surface area (Å²) in [6.07, 6.45) is -4.47. The topological polar surface area (TPSA) is 85.2 Å². The van der Waals surface area contributed by atoms with E-state index in [1.807, 2.05) is 11.4 Å². The quantitative estimate of drug-likeness (QED) is 0.723. The summed E-state index contributed by atoms with van der Waals surface area (Å²) in [4.78, 5) is 26.0. The fourth-order valence-electron chi connectivity index (χ4n) is 2.60. The van der Waals surface area contributed by atoms with E-state index in [-0.39, 0.29) is 11.5 Å². The maximum absolute atomic E-state index is 12.5. The summed E-state index contributed by atoms with van der Waals surface area (Å²) in [5, 5.41) is 13.7. The zero-order valence-corrected chi connectivity index (χ0v) is 16.5. The molecule has 0 aliphatic heterocycles. The Balaban J connectivity index is 1.94. The Hall–Kier alpha value is -3.38. The fraction of sp³-hybridized carbons (Fsp3) is 0.286. The number of nitriles is 1. The van der Waals surface area contributed by atoms with Crippen LogP contribution in [0.2, 0.25) is 0 Å². The molecular weight excluding hydrogens is 397 g/mol. The van der Waals surface area contributed by atoms with Gasteiger partial charge in [0, 0.05) is 12.1 Å². The van der Waals surface area contributed by atoms with E-state index in [0.717, 1.165) is 5.56 Å². The molecule has 0 heterocycles. The number of amides is 2. The van der Waals surface area contributed by atoms with Gasteiger partial charge in [0.25, 0.3) is 5.91 Å². The number of para-hydroxylation sites is 1. The van der Waals surface area contributed by atoms with Crippen molar-refractivity contribution < 1.29 is 22.8 Å². The number of carbonyl (C=O) groups excluding carboxylic acids is 2. The van der Waals surface area contributed by atoms with Gasteiger partial charge in [-0.25, -0.2) is 0 Å². The number of nitrogens with zero attached hydrogens (tertiary/aromatic N) is 2. The highest BCUT2D eigenvalue weighted by Crippen LogP contribution is 2.16. The van der Waals surface area contributed by atoms with E-state index in [9.17, 15) is 22.8 Å². The maximum atomic E-state index is 12.5. The number of likely N-dealkylation sites (N-methyl/N-ethyl adjacent to an activating group) is 1. The van der Waals surface area contributed by atoms with Crippen LogP contribution in [0.1, 0.15) is 28.4 Å². The summed E-state index contributed by atoms with van der Waals surface area (Å²) in [7, 11) is 1.74. The minimum absolute atomic E-state index is 0.115. The smallest absolute Gasteiger partial charge is 0.343 e. The molecule has 0 aliphatic carbocycles. The van der Waals surface area contributed by atoms with E-state index in [4.69, 9.17) is 5.26 Å². The summed E-state index contributed by atoms with van der Waals surface area (Å²) in [6, 6.07) is 14.3. The molecule has 2 rings (SSSR count). The highest BCUT2D eigenvalue weighted by atomic mass is 19.4. The van der Waals surface area contributed by atoms with Gasteiger partial charge in [-0.05, 0) is 43.8 Å². The van der Waals surface area contributed by atoms with Gasteiger partial charge in [0.2, 0.25) is 5.91 Å². The number of hydrogen-bond acceptors (Lipinski definition) is 4. The largest absolute Gasteiger partial charge is 0.405 e. The fourth-order valence-corrected chi connectivity index (χ4v) is 2.60. The Labute approximate surface area is 172 Å². The van der Waals surface area contributed by atoms with Crippen LogP contribution < -0.4 is 10.6 Å². The normalized spacial score (nSPS) is 12.2. The first-order valence-electron chi connectivity index (χ1n) is 9.05. The molecule has 0 aromatic heterocycles. The number of halogens is 3. The van der Waals surface area contributed by atoms with E-state index in [2.05, 4.69) is 5.32 Å². The molecule has 1 atom stereocenters. The highest BCUT2D eigenvalue weighted by molar-refractivity contribution is 5.95. The molecule has 0 saturated carbocycles. The standard InChI is InChI=1S/C21H21F3N4O2/c1-14(19(29)27-18-6-4-3-5-17(18)11-25)28(2)12-15-7-9-16(10-8-15)20(30)26-13-21(22,23)24/h3-10,14H,12-13H2,1-2H3,(H,26,30)(H,27,29)/t14-/m0/s1. The Morgan fingerprint density at radius 2 is 1.77 bits per heavy atom. The zero-order valence-electron chi connectivity index (χ0n) is 16.5. The number of rotatable bonds is 7. The van der Waals surface area contributed by atoms with Crippen LogP contribution in [0.25, 0.3) is 0 Å². The first-order valence-corrected chi connectivity index (χ1v) is 9.05. The minimum atomic E-state index is -4.47. The lowest BCUT2D eigenvalue weighted by atomic mass is 10.1. The van der Waals surface area contributed by atoms with Gasteiger partial charge in [-0.2, -0.15) is 18.4 Å². The van der Waals surface area contributed by atoms with E-state index in [1.165, 1.54) is 12.1 Å². The van der Waals surface area contributed by atoms with Gasteiger partial charge in [-0.1, -0.05) is 24.3 Å². The number of benzene rings is 2. The van der Waals surface area contributed by atoms with Crippen LogP contribution in [-0.4, -0.2) is 42.5 Å². The monoisotopic (exact) mass is 418 g/mol. The molecule has 2 amide bonds. The molecule has 0 bridgehead atoms. The highest BCUT2D eigenvalue weighted by Gasteiger charge is 2.28. The van der Waals surface area contributed by atoms with Crippen molar-refractivity contribution in [1.82, 2.24) is 10.2 Å². The third-order valence-corrected chi connectivity index (χ3v) is 4.44. The van der Waals surface area contributed by atoms with Gasteiger partial charge < -0.3 is 10.6 Å². The predicted molar refractivity (Wildman–Crippen MR) is 106 cm³/mol. The number of hydrogen-bond donors (Lipinski definition) is 2. The molecule has 9 heteroatoms. The van der Waals surface area contributed by atoms with Crippen molar-refractivity contribution in [2.75, 3.05) is 18.9 Å². The van der Waals surface area contributed by atoms with E-state index in [1.54, 1.807) is 55.3 Å². The molecule has 30 heavy (non-hydrogen) atoms. The van der Waals surface area contributed by atoms with Crippen molar-refractivity contribution in [1.29, 1.82) is 5.26 Å². The van der Waals surface area contributed by atoms with Gasteiger partial charge in [0.15, 0.2) is 0 Å². The molecule has 0 fully saturated rings. The lowest BCUT2D eigenvalue weighted by Crippen LogP contribution is -2.39. The molecule has 158 valence electrons. The Bertz CT molecular complexity index is 937. The number of alkyl halides is 3. The molecule has 0 spiro atoms. The van der Waals surface area contributed by atoms with Crippen LogP contribution in [0.15, 0.2) is 48.5 Å². The molecular formula is C21H21F3N4O2. The summed E-state index contributed by atoms with van der Waals surface area (Å²) < 4.78 is 36.6. The Kier molecular flexibility index (Phi) is 7.55. The molecule has 2 aromatic carbocycles. The molecule has 2 aromatic rings. The van der Waals surface area contributed by atoms with Crippen LogP contribution in [0.5, 0.6) is 0 Å². The van der Waals surface area contributed by atoms with Gasteiger partial charge in [-0.15, -0.1) is 0 Å². The van der Waals surface area contributed by atoms with Crippen LogP contribution in [-0.2, 0) is 11.3 Å². The number of carbonyl (C=O) groups is 2. The molecule has 0 aliphatic rings. The van der Waals surface area contributed by atoms with E-state index in [0.29, 0.717) is 17.8 Å². The second-order valence-electron chi connectivity index (χ2n) is 6.73. The average molecular weight is 418 g/mol. The summed E-state index contributed by atoms with van der Waals surface area (Å²) in [5.41, 5.74) is 1.69. The van der Waals surface area contributed by atoms with E-state index >= 15 is 0 Å². The second-order valence-corrected chi connectivity index (χ2v) is 6.73. The third kappa shape index (κ3) is 6.60. The van der Waals surface area contributed by atoms with Crippen molar-refractivity contribution in [3.05, 3.63) is 65.2 Å².